The molecule has 0 saturated heterocycles. The van der Waals surface area contributed by atoms with Crippen molar-refractivity contribution in [1.29, 1.82) is 0 Å². The van der Waals surface area contributed by atoms with Crippen molar-refractivity contribution in [3.8, 4) is 0 Å². The minimum Gasteiger partial charge on any atom is -0.354 e. The second kappa shape index (κ2) is 7.09. The fourth-order valence-corrected chi connectivity index (χ4v) is 4.13. The van der Waals surface area contributed by atoms with Gasteiger partial charge < -0.3 is 9.88 Å². The third-order valence-electron chi connectivity index (χ3n) is 5.53. The van der Waals surface area contributed by atoms with Gasteiger partial charge in [0.2, 0.25) is 5.91 Å². The zero-order chi connectivity index (χ0) is 18.1. The van der Waals surface area contributed by atoms with Gasteiger partial charge in [-0.2, -0.15) is 0 Å². The van der Waals surface area contributed by atoms with Crippen LogP contribution in [0.1, 0.15) is 50.0 Å². The zero-order valence-electron chi connectivity index (χ0n) is 15.4. The van der Waals surface area contributed by atoms with Crippen molar-refractivity contribution < 1.29 is 4.79 Å². The van der Waals surface area contributed by atoms with Gasteiger partial charge in [-0.15, -0.1) is 0 Å². The van der Waals surface area contributed by atoms with Crippen LogP contribution in [0.4, 0.5) is 0 Å². The van der Waals surface area contributed by atoms with Crippen molar-refractivity contribution in [3.05, 3.63) is 39.6 Å². The molecule has 1 aliphatic carbocycles. The van der Waals surface area contributed by atoms with Gasteiger partial charge in [-0.05, 0) is 51.5 Å². The van der Waals surface area contributed by atoms with Crippen molar-refractivity contribution in [3.63, 3.8) is 0 Å². The summed E-state index contributed by atoms with van der Waals surface area (Å²) in [4.78, 5) is 29.9. The highest BCUT2D eigenvalue weighted by Gasteiger charge is 2.20. The van der Waals surface area contributed by atoms with Gasteiger partial charge in [0.25, 0.3) is 5.56 Å². The minimum atomic E-state index is -0.0492. The number of nitrogens with zero attached hydrogens (tertiary/aromatic N) is 3. The lowest BCUT2D eigenvalue weighted by molar-refractivity contribution is -0.121. The number of amides is 1. The molecule has 4 rings (SSSR count). The molecule has 0 atom stereocenters. The number of fused-ring (bicyclic) bond motifs is 2. The van der Waals surface area contributed by atoms with Gasteiger partial charge in [-0.3, -0.25) is 14.2 Å². The van der Waals surface area contributed by atoms with E-state index in [1.807, 2.05) is 17.6 Å². The zero-order valence-corrected chi connectivity index (χ0v) is 15.4. The van der Waals surface area contributed by atoms with Gasteiger partial charge >= 0.3 is 0 Å². The topological polar surface area (TPSA) is 68.9 Å². The van der Waals surface area contributed by atoms with Crippen LogP contribution in [0.15, 0.2) is 22.5 Å². The van der Waals surface area contributed by atoms with Gasteiger partial charge in [0, 0.05) is 25.2 Å². The normalized spacial score (nSPS) is 16.6. The molecule has 138 valence electrons. The molecule has 6 heteroatoms. The number of allylic oxidation sites excluding steroid dienone is 1. The Morgan fingerprint density at radius 3 is 2.96 bits per heavy atom. The van der Waals surface area contributed by atoms with E-state index in [0.29, 0.717) is 17.6 Å². The predicted molar refractivity (Wildman–Crippen MR) is 101 cm³/mol. The van der Waals surface area contributed by atoms with E-state index in [-0.39, 0.29) is 18.0 Å². The van der Waals surface area contributed by atoms with Crippen molar-refractivity contribution in [2.45, 2.75) is 65.0 Å². The molecule has 0 unspecified atom stereocenters. The third-order valence-corrected chi connectivity index (χ3v) is 5.53. The summed E-state index contributed by atoms with van der Waals surface area (Å²) in [6.45, 7) is 3.49. The molecular formula is C20H26N4O2. The molecule has 3 heterocycles. The Labute approximate surface area is 152 Å². The number of hydrogen-bond donors (Lipinski definition) is 1. The molecule has 26 heavy (non-hydrogen) atoms. The average molecular weight is 354 g/mol. The van der Waals surface area contributed by atoms with Crippen LogP contribution in [0.25, 0.3) is 11.0 Å². The predicted octanol–water partition coefficient (Wildman–Crippen LogP) is 2.46. The summed E-state index contributed by atoms with van der Waals surface area (Å²) in [5.74, 6) is 0.816. The molecule has 2 aromatic rings. The molecule has 1 aliphatic heterocycles. The Morgan fingerprint density at radius 2 is 2.15 bits per heavy atom. The first kappa shape index (κ1) is 17.1. The van der Waals surface area contributed by atoms with Crippen molar-refractivity contribution in [1.82, 2.24) is 19.4 Å². The van der Waals surface area contributed by atoms with Gasteiger partial charge in [0.1, 0.15) is 17.9 Å². The molecule has 0 aromatic carbocycles. The van der Waals surface area contributed by atoms with Crippen LogP contribution in [-0.4, -0.2) is 26.6 Å². The smallest absolute Gasteiger partial charge is 0.278 e. The van der Waals surface area contributed by atoms with E-state index >= 15 is 0 Å². The van der Waals surface area contributed by atoms with Gasteiger partial charge in [0.15, 0.2) is 0 Å². The first-order valence-electron chi connectivity index (χ1n) is 9.67. The lowest BCUT2D eigenvalue weighted by Gasteiger charge is -2.13. The highest BCUT2D eigenvalue weighted by molar-refractivity contribution is 5.81. The highest BCUT2D eigenvalue weighted by Crippen LogP contribution is 2.20. The summed E-state index contributed by atoms with van der Waals surface area (Å²) >= 11 is 0. The quantitative estimate of drug-likeness (QED) is 0.839. The summed E-state index contributed by atoms with van der Waals surface area (Å²) in [5, 5.41) is 3.00. The van der Waals surface area contributed by atoms with Crippen LogP contribution in [-0.2, 0) is 24.3 Å². The Morgan fingerprint density at radius 1 is 1.27 bits per heavy atom. The first-order valence-corrected chi connectivity index (χ1v) is 9.67. The summed E-state index contributed by atoms with van der Waals surface area (Å²) in [6.07, 6.45) is 9.92. The van der Waals surface area contributed by atoms with E-state index in [9.17, 15) is 9.59 Å². The number of aryl methyl sites for hydroxylation is 2. The largest absolute Gasteiger partial charge is 0.354 e. The third kappa shape index (κ3) is 3.20. The number of rotatable bonds is 5. The second-order valence-corrected chi connectivity index (χ2v) is 7.40. The molecule has 0 spiro atoms. The fourth-order valence-electron chi connectivity index (χ4n) is 4.13. The van der Waals surface area contributed by atoms with E-state index in [1.165, 1.54) is 24.8 Å². The van der Waals surface area contributed by atoms with Crippen LogP contribution in [0.2, 0.25) is 0 Å². The lowest BCUT2D eigenvalue weighted by Crippen LogP contribution is -2.30. The Balaban J connectivity index is 1.48. The van der Waals surface area contributed by atoms with Gasteiger partial charge in [-0.25, -0.2) is 4.98 Å². The van der Waals surface area contributed by atoms with E-state index in [2.05, 4.69) is 16.4 Å². The number of nitrogens with one attached hydrogen (secondary N) is 1. The molecule has 0 saturated carbocycles. The van der Waals surface area contributed by atoms with Crippen LogP contribution < -0.4 is 10.9 Å². The van der Waals surface area contributed by atoms with Crippen LogP contribution in [0, 0.1) is 6.92 Å². The number of hydrogen-bond acceptors (Lipinski definition) is 3. The molecule has 0 bridgehead atoms. The van der Waals surface area contributed by atoms with Gasteiger partial charge in [-0.1, -0.05) is 11.6 Å². The lowest BCUT2D eigenvalue weighted by atomic mass is 9.97. The number of carbonyl (C=O) groups excluding carboxylic acids is 1. The summed E-state index contributed by atoms with van der Waals surface area (Å²) in [6, 6.07) is 1.91. The molecule has 1 amide bonds. The van der Waals surface area contributed by atoms with Crippen molar-refractivity contribution in [2.75, 3.05) is 6.54 Å². The summed E-state index contributed by atoms with van der Waals surface area (Å²) < 4.78 is 3.57. The minimum absolute atomic E-state index is 0.0178. The van der Waals surface area contributed by atoms with Crippen molar-refractivity contribution in [2.24, 2.45) is 0 Å². The van der Waals surface area contributed by atoms with Crippen molar-refractivity contribution >= 4 is 16.9 Å². The summed E-state index contributed by atoms with van der Waals surface area (Å²) in [5.41, 5.74) is 3.60. The Hall–Kier alpha value is -2.37. The standard InChI is InChI=1S/C20H26N4O2/c1-14-12-16-19(20(26)23-11-5-8-17(23)22-16)24(14)13-18(25)21-10-9-15-6-3-2-4-7-15/h6,12H,2-5,7-11,13H2,1H3,(H,21,25). The Bertz CT molecular complexity index is 935. The highest BCUT2D eigenvalue weighted by atomic mass is 16.2. The maximum Gasteiger partial charge on any atom is 0.278 e. The summed E-state index contributed by atoms with van der Waals surface area (Å²) in [7, 11) is 0. The van der Waals surface area contributed by atoms with Gasteiger partial charge in [0.05, 0.1) is 5.52 Å². The SMILES string of the molecule is Cc1cc2nc3n(c(=O)c2n1CC(=O)NCCC1=CCCCC1)CCC3. The first-order chi connectivity index (χ1) is 12.6. The van der Waals surface area contributed by atoms with E-state index < -0.39 is 0 Å². The molecule has 0 fully saturated rings. The van der Waals surface area contributed by atoms with Crippen LogP contribution in [0.5, 0.6) is 0 Å². The monoisotopic (exact) mass is 354 g/mol. The fraction of sp³-hybridized carbons (Fsp3) is 0.550. The molecule has 1 N–H and O–H groups in total. The average Bonchev–Trinajstić information content (AvgIpc) is 3.21. The molecule has 6 nitrogen and oxygen atoms in total. The van der Waals surface area contributed by atoms with Crippen LogP contribution in [0.3, 0.4) is 0 Å². The molecular weight excluding hydrogens is 328 g/mol. The van der Waals surface area contributed by atoms with E-state index in [4.69, 9.17) is 0 Å². The molecule has 0 radical (unpaired) electrons. The second-order valence-electron chi connectivity index (χ2n) is 7.40. The number of carbonyl (C=O) groups is 1. The van der Waals surface area contributed by atoms with E-state index in [0.717, 1.165) is 43.7 Å². The molecule has 2 aromatic heterocycles. The molecule has 2 aliphatic rings. The van der Waals surface area contributed by atoms with Crippen LogP contribution >= 0.6 is 0 Å². The maximum absolute atomic E-state index is 12.8. The Kier molecular flexibility index (Phi) is 4.66. The van der Waals surface area contributed by atoms with E-state index in [1.54, 1.807) is 4.57 Å². The maximum atomic E-state index is 12.8. The number of aromatic nitrogens is 3.